The van der Waals surface area contributed by atoms with Gasteiger partial charge in [-0.05, 0) is 163 Å². The highest BCUT2D eigenvalue weighted by Crippen LogP contribution is 2.56. The Labute approximate surface area is 319 Å². The number of carbonyl (C=O) groups excluding carboxylic acids is 3. The number of ether oxygens (including phenoxy) is 3. The average molecular weight is 753 g/mol. The molecule has 9 heteroatoms. The Morgan fingerprint density at radius 2 is 1.31 bits per heavy atom. The number of fused-ring (bicyclic) bond motifs is 4. The standard InChI is InChI=1S/C42H72O7S2/c1-27(2)49-42(46)32(15-17-34-21-30-22-37(34)39(23-30)51-29(5)6)12-10-20-47-40(44)13-7-8-19-48-41(45)31(11-9-18-43)14-16-33-24-36-25-35(33)26-38(36)50-28(3)4/h27-39,43H,7-26H2,1-6H3. The van der Waals surface area contributed by atoms with Gasteiger partial charge < -0.3 is 19.3 Å². The Morgan fingerprint density at radius 1 is 0.647 bits per heavy atom. The van der Waals surface area contributed by atoms with Gasteiger partial charge in [-0.1, -0.05) is 27.7 Å². The van der Waals surface area contributed by atoms with Crippen LogP contribution in [-0.2, 0) is 28.6 Å². The SMILES string of the molecule is CC(C)OC(=O)C(CCCOC(=O)CCCCOC(=O)C(CCCO)CCC1CC2CC1CC2SC(C)C)CCC1CC2CC(SC(C)C)C1C2. The van der Waals surface area contributed by atoms with Crippen LogP contribution in [0.15, 0.2) is 0 Å². The van der Waals surface area contributed by atoms with Crippen molar-refractivity contribution in [3.8, 4) is 0 Å². The van der Waals surface area contributed by atoms with Crippen molar-refractivity contribution in [2.45, 2.75) is 178 Å². The Kier molecular flexibility index (Phi) is 18.3. The van der Waals surface area contributed by atoms with E-state index >= 15 is 0 Å². The zero-order chi connectivity index (χ0) is 36.9. The lowest BCUT2D eigenvalue weighted by Crippen LogP contribution is -2.26. The van der Waals surface area contributed by atoms with E-state index in [0.29, 0.717) is 74.6 Å². The maximum Gasteiger partial charge on any atom is 0.309 e. The molecule has 0 aromatic rings. The summed E-state index contributed by atoms with van der Waals surface area (Å²) in [5.74, 6) is 3.95. The third kappa shape index (κ3) is 14.0. The molecule has 4 aliphatic rings. The minimum Gasteiger partial charge on any atom is -0.466 e. The summed E-state index contributed by atoms with van der Waals surface area (Å²) >= 11 is 4.30. The van der Waals surface area contributed by atoms with E-state index < -0.39 is 0 Å². The molecule has 0 saturated heterocycles. The summed E-state index contributed by atoms with van der Waals surface area (Å²) in [5.41, 5.74) is 0. The van der Waals surface area contributed by atoms with Crippen molar-refractivity contribution in [3.05, 3.63) is 0 Å². The lowest BCUT2D eigenvalue weighted by Gasteiger charge is -2.31. The Balaban J connectivity index is 1.08. The molecule has 0 amide bonds. The number of aliphatic hydroxyl groups excluding tert-OH is 1. The number of aliphatic hydroxyl groups is 1. The molecule has 0 heterocycles. The summed E-state index contributed by atoms with van der Waals surface area (Å²) in [4.78, 5) is 38.4. The van der Waals surface area contributed by atoms with Crippen molar-refractivity contribution in [2.75, 3.05) is 19.8 Å². The molecule has 0 aliphatic heterocycles. The molecule has 4 saturated carbocycles. The van der Waals surface area contributed by atoms with Crippen LogP contribution in [0.2, 0.25) is 0 Å². The van der Waals surface area contributed by atoms with Crippen LogP contribution in [0.25, 0.3) is 0 Å². The molecule has 1 N–H and O–H groups in total. The van der Waals surface area contributed by atoms with Gasteiger partial charge in [-0.15, -0.1) is 0 Å². The Bertz CT molecular complexity index is 1070. The van der Waals surface area contributed by atoms with E-state index in [1.54, 1.807) is 0 Å². The summed E-state index contributed by atoms with van der Waals surface area (Å²) in [7, 11) is 0. The van der Waals surface area contributed by atoms with Crippen molar-refractivity contribution in [2.24, 2.45) is 47.3 Å². The first-order valence-electron chi connectivity index (χ1n) is 20.9. The second-order valence-corrected chi connectivity index (χ2v) is 21.0. The summed E-state index contributed by atoms with van der Waals surface area (Å²) < 4.78 is 16.8. The number of unbranched alkanes of at least 4 members (excludes halogenated alkanes) is 1. The fraction of sp³-hybridized carbons (Fsp3) is 0.929. The van der Waals surface area contributed by atoms with Crippen LogP contribution in [0.4, 0.5) is 0 Å². The second-order valence-electron chi connectivity index (χ2n) is 17.3. The van der Waals surface area contributed by atoms with Crippen LogP contribution in [0.3, 0.4) is 0 Å². The molecule has 7 nitrogen and oxygen atoms in total. The highest BCUT2D eigenvalue weighted by Gasteiger charge is 2.47. The predicted molar refractivity (Wildman–Crippen MR) is 210 cm³/mol. The lowest BCUT2D eigenvalue weighted by atomic mass is 9.82. The molecular weight excluding hydrogens is 681 g/mol. The van der Waals surface area contributed by atoms with E-state index in [1.165, 1.54) is 38.5 Å². The first kappa shape index (κ1) is 42.8. The maximum absolute atomic E-state index is 13.0. The number of hydrogen-bond donors (Lipinski definition) is 1. The quantitative estimate of drug-likeness (QED) is 0.0555. The summed E-state index contributed by atoms with van der Waals surface area (Å²) in [5, 5.41) is 12.4. The molecule has 4 bridgehead atoms. The first-order valence-corrected chi connectivity index (χ1v) is 22.8. The van der Waals surface area contributed by atoms with Gasteiger partial charge in [0.25, 0.3) is 0 Å². The molecule has 4 aliphatic carbocycles. The zero-order valence-electron chi connectivity index (χ0n) is 32.9. The third-order valence-corrected chi connectivity index (χ3v) is 15.1. The van der Waals surface area contributed by atoms with Crippen molar-refractivity contribution >= 4 is 41.4 Å². The normalized spacial score (nSPS) is 29.3. The second kappa shape index (κ2) is 21.8. The summed E-state index contributed by atoms with van der Waals surface area (Å²) in [6.45, 7) is 13.7. The molecule has 0 aromatic carbocycles. The van der Waals surface area contributed by atoms with Gasteiger partial charge in [-0.25, -0.2) is 0 Å². The summed E-state index contributed by atoms with van der Waals surface area (Å²) in [6.07, 6.45) is 15.9. The van der Waals surface area contributed by atoms with E-state index in [-0.39, 0.29) is 42.5 Å². The van der Waals surface area contributed by atoms with Crippen LogP contribution in [0, 0.1) is 47.3 Å². The number of esters is 3. The smallest absolute Gasteiger partial charge is 0.309 e. The largest absolute Gasteiger partial charge is 0.466 e. The predicted octanol–water partition coefficient (Wildman–Crippen LogP) is 9.65. The zero-order valence-corrected chi connectivity index (χ0v) is 34.5. The molecule has 294 valence electrons. The molecule has 0 radical (unpaired) electrons. The van der Waals surface area contributed by atoms with Crippen LogP contribution in [0.5, 0.6) is 0 Å². The number of rotatable bonds is 25. The third-order valence-electron chi connectivity index (χ3n) is 12.2. The van der Waals surface area contributed by atoms with Crippen LogP contribution >= 0.6 is 23.5 Å². The van der Waals surface area contributed by atoms with Crippen LogP contribution < -0.4 is 0 Å². The molecular formula is C42H72O7S2. The molecule has 4 fully saturated rings. The van der Waals surface area contributed by atoms with Gasteiger partial charge in [-0.2, -0.15) is 23.5 Å². The van der Waals surface area contributed by atoms with Gasteiger partial charge >= 0.3 is 17.9 Å². The van der Waals surface area contributed by atoms with Crippen molar-refractivity contribution < 1.29 is 33.7 Å². The molecule has 0 aromatic heterocycles. The van der Waals surface area contributed by atoms with Crippen molar-refractivity contribution in [1.29, 1.82) is 0 Å². The van der Waals surface area contributed by atoms with Gasteiger partial charge in [0, 0.05) is 23.5 Å². The van der Waals surface area contributed by atoms with E-state index in [1.807, 2.05) is 13.8 Å². The Morgan fingerprint density at radius 3 is 1.96 bits per heavy atom. The van der Waals surface area contributed by atoms with Crippen LogP contribution in [0.1, 0.15) is 151 Å². The van der Waals surface area contributed by atoms with Gasteiger partial charge in [0.05, 0.1) is 31.2 Å². The highest BCUT2D eigenvalue weighted by molar-refractivity contribution is 8.00. The maximum atomic E-state index is 13.0. The molecule has 10 atom stereocenters. The van der Waals surface area contributed by atoms with Crippen molar-refractivity contribution in [1.82, 2.24) is 0 Å². The minimum atomic E-state index is -0.237. The number of hydrogen-bond acceptors (Lipinski definition) is 9. The van der Waals surface area contributed by atoms with E-state index in [4.69, 9.17) is 14.2 Å². The fourth-order valence-corrected chi connectivity index (χ4v) is 13.1. The van der Waals surface area contributed by atoms with Crippen molar-refractivity contribution in [3.63, 3.8) is 0 Å². The van der Waals surface area contributed by atoms with Gasteiger partial charge in [-0.3, -0.25) is 14.4 Å². The fourth-order valence-electron chi connectivity index (χ4n) is 9.98. The molecule has 0 spiro atoms. The molecule has 10 unspecified atom stereocenters. The van der Waals surface area contributed by atoms with Gasteiger partial charge in [0.2, 0.25) is 0 Å². The molecule has 4 rings (SSSR count). The summed E-state index contributed by atoms with van der Waals surface area (Å²) in [6, 6.07) is 0. The lowest BCUT2D eigenvalue weighted by molar-refractivity contribution is -0.153. The monoisotopic (exact) mass is 752 g/mol. The minimum absolute atomic E-state index is 0.0936. The van der Waals surface area contributed by atoms with E-state index in [9.17, 15) is 19.5 Å². The average Bonchev–Trinajstić information content (AvgIpc) is 3.84. The van der Waals surface area contributed by atoms with Gasteiger partial charge in [0.1, 0.15) is 0 Å². The highest BCUT2D eigenvalue weighted by atomic mass is 32.2. The van der Waals surface area contributed by atoms with E-state index in [0.717, 1.165) is 65.8 Å². The Hall–Kier alpha value is -0.930. The molecule has 51 heavy (non-hydrogen) atoms. The van der Waals surface area contributed by atoms with Gasteiger partial charge in [0.15, 0.2) is 0 Å². The number of thioether (sulfide) groups is 2. The number of carbonyl (C=O) groups is 3. The van der Waals surface area contributed by atoms with Crippen LogP contribution in [-0.4, -0.2) is 69.9 Å². The topological polar surface area (TPSA) is 99.1 Å². The first-order chi connectivity index (χ1) is 24.4. The van der Waals surface area contributed by atoms with E-state index in [2.05, 4.69) is 51.2 Å².